The molecule has 0 radical (unpaired) electrons. The Morgan fingerprint density at radius 2 is 0.403 bits per heavy atom. The second-order valence-electron chi connectivity index (χ2n) is 16.5. The van der Waals surface area contributed by atoms with E-state index in [0.717, 1.165) is 22.3 Å². The van der Waals surface area contributed by atoms with E-state index < -0.39 is 28.9 Å². The molecule has 0 saturated heterocycles. The molecule has 0 aliphatic carbocycles. The van der Waals surface area contributed by atoms with Gasteiger partial charge in [0.05, 0.1) is 0 Å². The Hall–Kier alpha value is -8.13. The molecule has 15 heteroatoms. The number of hydrogen-bond acceptors (Lipinski definition) is 12. The van der Waals surface area contributed by atoms with E-state index in [1.165, 1.54) is 0 Å². The van der Waals surface area contributed by atoms with Gasteiger partial charge in [0.15, 0.2) is 0 Å². The van der Waals surface area contributed by atoms with Gasteiger partial charge in [-0.1, -0.05) is 153 Å². The molecule has 0 aliphatic rings. The molecule has 0 bridgehead atoms. The van der Waals surface area contributed by atoms with E-state index in [1.54, 1.807) is 194 Å². The molecular weight excluding hydrogens is 970 g/mol. The van der Waals surface area contributed by atoms with Crippen molar-refractivity contribution in [1.29, 1.82) is 0 Å². The van der Waals surface area contributed by atoms with Crippen molar-refractivity contribution < 1.29 is 54.4 Å². The van der Waals surface area contributed by atoms with Gasteiger partial charge in [0.2, 0.25) is 0 Å². The van der Waals surface area contributed by atoms with Gasteiger partial charge in [0.25, 0.3) is 0 Å². The first-order chi connectivity index (χ1) is 34.9. The first-order valence-corrected chi connectivity index (χ1v) is 27.0. The lowest BCUT2D eigenvalue weighted by Crippen LogP contribution is -2.18. The molecular formula is C57H47O12P3. The molecule has 72 heavy (non-hydrogen) atoms. The van der Waals surface area contributed by atoms with Crippen LogP contribution in [-0.4, -0.2) is 0 Å². The highest BCUT2D eigenvalue weighted by molar-refractivity contribution is 7.50. The third-order valence-corrected chi connectivity index (χ3v) is 14.8. The third kappa shape index (κ3) is 13.0. The standard InChI is InChI=1S/C57H47O12P3/c1-57(2,46-32-40-55(41-33-46)68-71(59,63-50-22-12-5-13-23-50)64-51-24-14-6-15-25-51)47-34-42-56(43-35-47)69-72(60,65-52-26-16-7-17-27-52)67-54-38-30-45(31-39-54)44-28-36-53(37-29-44)66-70(58,61-48-18-8-3-9-19-48)62-49-20-10-4-11-21-49/h3-43H,1-2H3. The minimum atomic E-state index is -4.36. The summed E-state index contributed by atoms with van der Waals surface area (Å²) in [6.07, 6.45) is 0. The Bertz CT molecular complexity index is 3200. The first-order valence-electron chi connectivity index (χ1n) is 22.6. The third-order valence-electron chi connectivity index (χ3n) is 10.9. The number of hydrogen-bond donors (Lipinski definition) is 0. The second kappa shape index (κ2) is 21.9. The van der Waals surface area contributed by atoms with E-state index in [9.17, 15) is 13.7 Å². The molecule has 362 valence electrons. The van der Waals surface area contributed by atoms with Crippen LogP contribution >= 0.6 is 23.5 Å². The maximum Gasteiger partial charge on any atom is 0.647 e. The van der Waals surface area contributed by atoms with Crippen LogP contribution in [0.4, 0.5) is 0 Å². The maximum absolute atomic E-state index is 14.5. The van der Waals surface area contributed by atoms with E-state index in [4.69, 9.17) is 40.7 Å². The first kappa shape index (κ1) is 48.9. The predicted molar refractivity (Wildman–Crippen MR) is 278 cm³/mol. The molecule has 9 rings (SSSR count). The van der Waals surface area contributed by atoms with Gasteiger partial charge in [-0.25, -0.2) is 0 Å². The van der Waals surface area contributed by atoms with Crippen LogP contribution in [0.3, 0.4) is 0 Å². The molecule has 9 aromatic rings. The fourth-order valence-electron chi connectivity index (χ4n) is 7.18. The molecule has 1 atom stereocenters. The summed E-state index contributed by atoms with van der Waals surface area (Å²) in [7, 11) is -12.7. The summed E-state index contributed by atoms with van der Waals surface area (Å²) >= 11 is 0. The molecule has 0 aliphatic heterocycles. The van der Waals surface area contributed by atoms with Gasteiger partial charge in [-0.2, -0.15) is 13.7 Å². The van der Waals surface area contributed by atoms with E-state index in [0.29, 0.717) is 23.0 Å². The van der Waals surface area contributed by atoms with Crippen molar-refractivity contribution in [2.45, 2.75) is 19.3 Å². The lowest BCUT2D eigenvalue weighted by Gasteiger charge is -2.27. The summed E-state index contributed by atoms with van der Waals surface area (Å²) in [6, 6.07) is 71.5. The van der Waals surface area contributed by atoms with Gasteiger partial charge in [-0.3, -0.25) is 0 Å². The van der Waals surface area contributed by atoms with Crippen LogP contribution in [0.5, 0.6) is 51.7 Å². The molecule has 9 aromatic carbocycles. The van der Waals surface area contributed by atoms with Gasteiger partial charge in [0, 0.05) is 5.41 Å². The molecule has 0 amide bonds. The van der Waals surface area contributed by atoms with Crippen molar-refractivity contribution in [2.24, 2.45) is 0 Å². The van der Waals surface area contributed by atoms with Crippen molar-refractivity contribution in [3.05, 3.63) is 260 Å². The summed E-state index contributed by atoms with van der Waals surface area (Å²) in [6.45, 7) is 4.11. The molecule has 0 spiro atoms. The number of phosphoric acid groups is 3. The molecule has 1 unspecified atom stereocenters. The van der Waals surface area contributed by atoms with E-state index >= 15 is 0 Å². The molecule has 12 nitrogen and oxygen atoms in total. The van der Waals surface area contributed by atoms with Gasteiger partial charge in [-0.05, 0) is 131 Å². The van der Waals surface area contributed by atoms with Crippen molar-refractivity contribution in [3.63, 3.8) is 0 Å². The zero-order chi connectivity index (χ0) is 49.9. The van der Waals surface area contributed by atoms with Crippen molar-refractivity contribution in [3.8, 4) is 62.9 Å². The fourth-order valence-corrected chi connectivity index (χ4v) is 10.9. The molecule has 0 aromatic heterocycles. The van der Waals surface area contributed by atoms with Gasteiger partial charge < -0.3 is 40.7 Å². The van der Waals surface area contributed by atoms with Crippen LogP contribution in [0.2, 0.25) is 0 Å². The number of rotatable bonds is 21. The average molecular weight is 1020 g/mol. The number of phosphoric ester groups is 3. The zero-order valence-electron chi connectivity index (χ0n) is 38.9. The largest absolute Gasteiger partial charge is 0.647 e. The Labute approximate surface area is 418 Å². The Balaban J connectivity index is 0.871. The monoisotopic (exact) mass is 1020 g/mol. The lowest BCUT2D eigenvalue weighted by atomic mass is 9.78. The number of para-hydroxylation sites is 5. The van der Waals surface area contributed by atoms with Crippen LogP contribution in [0.25, 0.3) is 11.1 Å². The predicted octanol–water partition coefficient (Wildman–Crippen LogP) is 16.6. The van der Waals surface area contributed by atoms with E-state index in [1.807, 2.05) is 54.6 Å². The van der Waals surface area contributed by atoms with Gasteiger partial charge in [0.1, 0.15) is 51.7 Å². The molecule has 0 saturated carbocycles. The normalized spacial score (nSPS) is 12.3. The fraction of sp³-hybridized carbons (Fsp3) is 0.0526. The Kier molecular flexibility index (Phi) is 14.9. The minimum Gasteiger partial charge on any atom is -0.386 e. The van der Waals surface area contributed by atoms with E-state index in [2.05, 4.69) is 13.8 Å². The minimum absolute atomic E-state index is 0.231. The maximum atomic E-state index is 14.5. The smallest absolute Gasteiger partial charge is 0.386 e. The van der Waals surface area contributed by atoms with Gasteiger partial charge >= 0.3 is 23.5 Å². The summed E-state index contributed by atoms with van der Waals surface area (Å²) in [4.78, 5) is 0. The summed E-state index contributed by atoms with van der Waals surface area (Å²) in [5.74, 6) is 2.61. The van der Waals surface area contributed by atoms with Crippen LogP contribution in [0.15, 0.2) is 249 Å². The number of benzene rings is 9. The van der Waals surface area contributed by atoms with Crippen LogP contribution in [-0.2, 0) is 19.1 Å². The van der Waals surface area contributed by atoms with Crippen molar-refractivity contribution in [1.82, 2.24) is 0 Å². The van der Waals surface area contributed by atoms with Gasteiger partial charge in [-0.15, -0.1) is 0 Å². The van der Waals surface area contributed by atoms with Crippen molar-refractivity contribution in [2.75, 3.05) is 0 Å². The summed E-state index contributed by atoms with van der Waals surface area (Å²) < 4.78 is 95.4. The Morgan fingerprint density at radius 1 is 0.236 bits per heavy atom. The van der Waals surface area contributed by atoms with E-state index in [-0.39, 0.29) is 28.7 Å². The summed E-state index contributed by atoms with van der Waals surface area (Å²) in [5, 5.41) is 0. The molecule has 0 N–H and O–H groups in total. The van der Waals surface area contributed by atoms with Crippen LogP contribution in [0.1, 0.15) is 25.0 Å². The highest BCUT2D eigenvalue weighted by Crippen LogP contribution is 2.53. The lowest BCUT2D eigenvalue weighted by molar-refractivity contribution is 0.296. The van der Waals surface area contributed by atoms with Crippen LogP contribution in [0, 0.1) is 0 Å². The SMILES string of the molecule is CC(C)(c1ccc(OP(=O)(Oc2ccccc2)Oc2ccccc2)cc1)c1ccc(OP(=O)(Oc2ccccc2)Oc2ccc(-c3ccc(OP(=O)(Oc4ccccc4)Oc4ccccc4)cc3)cc2)cc1. The molecule has 0 heterocycles. The second-order valence-corrected chi connectivity index (χ2v) is 20.8. The summed E-state index contributed by atoms with van der Waals surface area (Å²) in [5.41, 5.74) is 2.91. The quantitative estimate of drug-likeness (QED) is 0.0634. The average Bonchev–Trinajstić information content (AvgIpc) is 3.38. The highest BCUT2D eigenvalue weighted by atomic mass is 31.2. The van der Waals surface area contributed by atoms with Crippen molar-refractivity contribution >= 4 is 23.5 Å². The topological polar surface area (TPSA) is 134 Å². The Morgan fingerprint density at radius 3 is 0.597 bits per heavy atom. The highest BCUT2D eigenvalue weighted by Gasteiger charge is 2.36. The molecule has 0 fully saturated rings. The van der Waals surface area contributed by atoms with Crippen LogP contribution < -0.4 is 40.7 Å². The zero-order valence-corrected chi connectivity index (χ0v) is 41.6.